The third-order valence-corrected chi connectivity index (χ3v) is 4.95. The third kappa shape index (κ3) is 100. The Morgan fingerprint density at radius 3 is 0.537 bits per heavy atom. The summed E-state index contributed by atoms with van der Waals surface area (Å²) < 4.78 is 4.00. The molecule has 0 atom stereocenters. The minimum Gasteiger partial charge on any atom is -0.894 e. The van der Waals surface area contributed by atoms with Crippen molar-refractivity contribution in [3.05, 3.63) is 0 Å². The number of hydrogen-bond acceptors (Lipinski definition) is 8. The summed E-state index contributed by atoms with van der Waals surface area (Å²) in [6, 6.07) is 0. The molecule has 0 amide bonds. The van der Waals surface area contributed by atoms with Gasteiger partial charge in [-0.2, -0.15) is 0 Å². The van der Waals surface area contributed by atoms with Crippen LogP contribution in [0.1, 0.15) is 51.4 Å². The molecule has 0 aliphatic carbocycles. The lowest BCUT2D eigenvalue weighted by Gasteiger charge is -2.67. The molecule has 0 saturated carbocycles. The number of unbranched alkanes of at least 4 members (excludes halogenated alkanes) is 4. The van der Waals surface area contributed by atoms with Gasteiger partial charge < -0.3 is 66.6 Å². The molecule has 0 fully saturated rings. The van der Waals surface area contributed by atoms with E-state index in [9.17, 15) is 0 Å². The maximum Gasteiger partial charge on any atom is 0.0781 e. The molecule has 0 saturated heterocycles. The quantitative estimate of drug-likeness (QED) is 0.0790. The smallest absolute Gasteiger partial charge is 0.0781 e. The first-order valence-corrected chi connectivity index (χ1v) is 16.3. The minimum absolute atomic E-state index is 0.333. The molecule has 12 nitrogen and oxygen atoms in total. The number of nitrogens with zero attached hydrogens (tertiary/aromatic N) is 4. The largest absolute Gasteiger partial charge is 0.894 e. The van der Waals surface area contributed by atoms with Gasteiger partial charge in [0.25, 0.3) is 0 Å². The van der Waals surface area contributed by atoms with E-state index in [1.54, 1.807) is 0 Å². The lowest BCUT2D eigenvalue weighted by Crippen LogP contribution is -2.82. The van der Waals surface area contributed by atoms with Gasteiger partial charge in [0.1, 0.15) is 0 Å². The number of quaternary nitrogens is 4. The standard InChI is InChI=1S/4C7H18NO.O4Si/c4*1-8(2,3)6-4-5-7-9;1-5(2,3)4/h4*9H,4-7H2,1-3H3;/q4*+1;-4. The molecule has 0 bridgehead atoms. The van der Waals surface area contributed by atoms with Crippen LogP contribution in [0.25, 0.3) is 0 Å². The molecule has 0 radical (unpaired) electrons. The molecule has 0 aromatic heterocycles. The van der Waals surface area contributed by atoms with Gasteiger partial charge in [-0.1, -0.05) is 0 Å². The molecular weight excluding hydrogens is 548 g/mol. The van der Waals surface area contributed by atoms with Crippen molar-refractivity contribution in [3.63, 3.8) is 0 Å². The van der Waals surface area contributed by atoms with Crippen molar-refractivity contribution >= 4 is 9.05 Å². The fourth-order valence-electron chi connectivity index (χ4n) is 2.79. The molecule has 0 spiro atoms. The van der Waals surface area contributed by atoms with Crippen molar-refractivity contribution in [2.45, 2.75) is 51.4 Å². The first-order valence-electron chi connectivity index (χ1n) is 14.7. The lowest BCUT2D eigenvalue weighted by molar-refractivity contribution is -0.870. The van der Waals surface area contributed by atoms with Gasteiger partial charge in [0, 0.05) is 26.4 Å². The predicted octanol–water partition coefficient (Wildman–Crippen LogP) is -3.28. The zero-order valence-corrected chi connectivity index (χ0v) is 30.0. The van der Waals surface area contributed by atoms with E-state index < -0.39 is 9.05 Å². The van der Waals surface area contributed by atoms with Crippen LogP contribution in [0.5, 0.6) is 0 Å². The number of hydrogen-bond donors (Lipinski definition) is 4. The van der Waals surface area contributed by atoms with E-state index in [2.05, 4.69) is 84.6 Å². The maximum absolute atomic E-state index is 8.58. The zero-order chi connectivity index (χ0) is 33.8. The van der Waals surface area contributed by atoms with Gasteiger partial charge in [-0.05, 0) is 51.4 Å². The molecule has 0 aromatic carbocycles. The molecule has 0 heterocycles. The normalized spacial score (nSPS) is 12.0. The van der Waals surface area contributed by atoms with Crippen LogP contribution < -0.4 is 19.2 Å². The van der Waals surface area contributed by atoms with E-state index in [4.69, 9.17) is 39.6 Å². The molecule has 41 heavy (non-hydrogen) atoms. The molecule has 256 valence electrons. The van der Waals surface area contributed by atoms with Crippen molar-refractivity contribution in [3.8, 4) is 0 Å². The van der Waals surface area contributed by atoms with E-state index in [0.717, 1.165) is 95.5 Å². The van der Waals surface area contributed by atoms with Gasteiger partial charge in [-0.3, -0.25) is 0 Å². The Labute approximate surface area is 255 Å². The van der Waals surface area contributed by atoms with Crippen LogP contribution in [0.3, 0.4) is 0 Å². The average molecular weight is 621 g/mol. The fourth-order valence-corrected chi connectivity index (χ4v) is 2.79. The summed E-state index contributed by atoms with van der Waals surface area (Å²) in [6.45, 7) is 5.95. The van der Waals surface area contributed by atoms with Crippen LogP contribution in [0.15, 0.2) is 0 Å². The second-order valence-electron chi connectivity index (χ2n) is 14.3. The summed E-state index contributed by atoms with van der Waals surface area (Å²) in [7, 11) is 20.4. The first-order chi connectivity index (χ1) is 18.2. The van der Waals surface area contributed by atoms with Crippen molar-refractivity contribution in [1.82, 2.24) is 0 Å². The summed E-state index contributed by atoms with van der Waals surface area (Å²) in [6.07, 6.45) is 8.26. The number of aliphatic hydroxyl groups excluding tert-OH is 4. The summed E-state index contributed by atoms with van der Waals surface area (Å²) >= 11 is 0. The van der Waals surface area contributed by atoms with Crippen LogP contribution in [0.2, 0.25) is 0 Å². The van der Waals surface area contributed by atoms with Gasteiger partial charge in [-0.15, -0.1) is 0 Å². The van der Waals surface area contributed by atoms with Crippen LogP contribution in [-0.2, 0) is 0 Å². The van der Waals surface area contributed by atoms with Crippen LogP contribution >= 0.6 is 0 Å². The molecule has 0 aliphatic rings. The van der Waals surface area contributed by atoms with Gasteiger partial charge in [0.05, 0.1) is 111 Å². The monoisotopic (exact) mass is 621 g/mol. The second-order valence-corrected chi connectivity index (χ2v) is 15.3. The highest BCUT2D eigenvalue weighted by Gasteiger charge is 2.06. The minimum atomic E-state index is -5.61. The SMILES string of the molecule is C[N+](C)(C)CCCCO.C[N+](C)(C)CCCCO.C[N+](C)(C)CCCCO.C[N+](C)(C)CCCCO.[O-][Si]([O-])([O-])[O-]. The Balaban J connectivity index is -0.000000133. The molecular formula is C28H72N4O8Si. The Hall–Kier alpha value is -0.263. The Kier molecular flexibility index (Phi) is 35.0. The average Bonchev–Trinajstić information content (AvgIpc) is 2.71. The van der Waals surface area contributed by atoms with Gasteiger partial charge in [-0.25, -0.2) is 0 Å². The van der Waals surface area contributed by atoms with Gasteiger partial charge in [0.15, 0.2) is 0 Å². The van der Waals surface area contributed by atoms with Crippen molar-refractivity contribution in [1.29, 1.82) is 0 Å². The van der Waals surface area contributed by atoms with Crippen LogP contribution in [-0.4, -0.2) is 185 Å². The van der Waals surface area contributed by atoms with Crippen molar-refractivity contribution in [2.75, 3.05) is 137 Å². The lowest BCUT2D eigenvalue weighted by atomic mass is 10.3. The van der Waals surface area contributed by atoms with Crippen molar-refractivity contribution < 1.29 is 57.5 Å². The maximum atomic E-state index is 8.58. The fraction of sp³-hybridized carbons (Fsp3) is 1.00. The Morgan fingerprint density at radius 2 is 0.463 bits per heavy atom. The topological polar surface area (TPSA) is 173 Å². The van der Waals surface area contributed by atoms with E-state index in [1.165, 1.54) is 0 Å². The van der Waals surface area contributed by atoms with Crippen LogP contribution in [0, 0.1) is 0 Å². The molecule has 0 rings (SSSR count). The molecule has 0 aliphatic heterocycles. The van der Waals surface area contributed by atoms with E-state index in [0.29, 0.717) is 26.4 Å². The molecule has 4 N–H and O–H groups in total. The summed E-state index contributed by atoms with van der Waals surface area (Å²) in [5.41, 5.74) is 0. The van der Waals surface area contributed by atoms with Crippen molar-refractivity contribution in [2.24, 2.45) is 0 Å². The van der Waals surface area contributed by atoms with Gasteiger partial charge in [0.2, 0.25) is 0 Å². The summed E-state index contributed by atoms with van der Waals surface area (Å²) in [4.78, 5) is 34.3. The first kappa shape index (κ1) is 50.4. The Bertz CT molecular complexity index is 428. The highest BCUT2D eigenvalue weighted by Crippen LogP contribution is 1.97. The molecule has 0 aromatic rings. The van der Waals surface area contributed by atoms with E-state index >= 15 is 0 Å². The predicted molar refractivity (Wildman–Crippen MR) is 163 cm³/mol. The summed E-state index contributed by atoms with van der Waals surface area (Å²) in [5.74, 6) is 0. The van der Waals surface area contributed by atoms with E-state index in [-0.39, 0.29) is 0 Å². The second kappa shape index (κ2) is 28.5. The summed E-state index contributed by atoms with van der Waals surface area (Å²) in [5, 5.41) is 33.8. The van der Waals surface area contributed by atoms with E-state index in [1.807, 2.05) is 0 Å². The molecule has 13 heteroatoms. The highest BCUT2D eigenvalue weighted by molar-refractivity contribution is 6.38. The zero-order valence-electron chi connectivity index (χ0n) is 29.0. The Morgan fingerprint density at radius 1 is 0.341 bits per heavy atom. The highest BCUT2D eigenvalue weighted by atomic mass is 28.4. The van der Waals surface area contributed by atoms with Gasteiger partial charge >= 0.3 is 0 Å². The third-order valence-electron chi connectivity index (χ3n) is 4.95. The van der Waals surface area contributed by atoms with Crippen LogP contribution in [0.4, 0.5) is 0 Å². The number of rotatable bonds is 16. The molecule has 0 unspecified atom stereocenters. The number of aliphatic hydroxyl groups is 4.